The molecule has 4 rings (SSSR count). The van der Waals surface area contributed by atoms with Gasteiger partial charge in [-0.05, 0) is 24.6 Å². The number of carbonyl (C=O) groups excluding carboxylic acids is 1. The number of aryl methyl sites for hydroxylation is 1. The van der Waals surface area contributed by atoms with E-state index in [4.69, 9.17) is 4.74 Å². The molecule has 1 aromatic carbocycles. The Kier molecular flexibility index (Phi) is 4.60. The largest absolute Gasteiger partial charge is 0.385 e. The normalized spacial score (nSPS) is 11.3. The van der Waals surface area contributed by atoms with Gasteiger partial charge in [-0.15, -0.1) is 0 Å². The van der Waals surface area contributed by atoms with Crippen molar-refractivity contribution in [1.29, 1.82) is 0 Å². The number of hydrogen-bond acceptors (Lipinski definition) is 4. The molecule has 3 heterocycles. The molecular weight excluding hydrogens is 342 g/mol. The number of nitrogens with zero attached hydrogens (tertiary/aromatic N) is 3. The van der Waals surface area contributed by atoms with E-state index in [2.05, 4.69) is 20.4 Å². The average molecular weight is 363 g/mol. The highest BCUT2D eigenvalue weighted by molar-refractivity contribution is 6.04. The van der Waals surface area contributed by atoms with Crippen LogP contribution in [0.3, 0.4) is 0 Å². The topological polar surface area (TPSA) is 84.8 Å². The van der Waals surface area contributed by atoms with Crippen molar-refractivity contribution in [1.82, 2.24) is 25.1 Å². The van der Waals surface area contributed by atoms with Crippen molar-refractivity contribution in [2.75, 3.05) is 20.3 Å². The minimum absolute atomic E-state index is 0.0957. The zero-order chi connectivity index (χ0) is 18.8. The maximum atomic E-state index is 12.4. The standard InChI is InChI=1S/C20H21N5O2/c1-25-18-15(12-23-25)11-22-19-16(18)10-17(24-19)13-5-3-6-14(9-13)20(26)21-7-4-8-27-2/h3,5-6,9-12,23H,4,7-8H2,1-2H3,(H,21,26). The van der Waals surface area contributed by atoms with Gasteiger partial charge in [0.25, 0.3) is 5.91 Å². The lowest BCUT2D eigenvalue weighted by molar-refractivity contribution is 0.0948. The molecule has 0 unspecified atom stereocenters. The molecule has 0 aliphatic heterocycles. The molecule has 0 radical (unpaired) electrons. The summed E-state index contributed by atoms with van der Waals surface area (Å²) in [4.78, 5) is 21.5. The number of hydrogen-bond donors (Lipinski definition) is 2. The van der Waals surface area contributed by atoms with Crippen molar-refractivity contribution in [3.05, 3.63) is 48.3 Å². The molecule has 0 atom stereocenters. The lowest BCUT2D eigenvalue weighted by Crippen LogP contribution is -2.25. The second-order valence-corrected chi connectivity index (χ2v) is 6.46. The Labute approximate surface area is 156 Å². The number of nitrogens with one attached hydrogen (secondary N) is 2. The number of aromatic amines is 1. The third-order valence-electron chi connectivity index (χ3n) is 4.58. The van der Waals surface area contributed by atoms with Gasteiger partial charge in [-0.3, -0.25) is 9.48 Å². The summed E-state index contributed by atoms with van der Waals surface area (Å²) in [6.07, 6.45) is 4.52. The van der Waals surface area contributed by atoms with Crippen LogP contribution in [-0.4, -0.2) is 45.9 Å². The van der Waals surface area contributed by atoms with E-state index in [-0.39, 0.29) is 5.91 Å². The van der Waals surface area contributed by atoms with Crippen molar-refractivity contribution in [2.45, 2.75) is 6.42 Å². The molecule has 138 valence electrons. The van der Waals surface area contributed by atoms with Crippen molar-refractivity contribution >= 4 is 27.8 Å². The number of rotatable bonds is 6. The van der Waals surface area contributed by atoms with E-state index in [1.165, 1.54) is 0 Å². The van der Waals surface area contributed by atoms with Crippen LogP contribution < -0.4 is 5.32 Å². The van der Waals surface area contributed by atoms with Crippen LogP contribution in [0.15, 0.2) is 42.7 Å². The van der Waals surface area contributed by atoms with Gasteiger partial charge < -0.3 is 15.2 Å². The maximum Gasteiger partial charge on any atom is 0.251 e. The summed E-state index contributed by atoms with van der Waals surface area (Å²) < 4.78 is 6.95. The van der Waals surface area contributed by atoms with Crippen molar-refractivity contribution < 1.29 is 9.53 Å². The van der Waals surface area contributed by atoms with Gasteiger partial charge in [0.1, 0.15) is 0 Å². The molecular formula is C20H21N5O2. The Morgan fingerprint density at radius 2 is 2.22 bits per heavy atom. The smallest absolute Gasteiger partial charge is 0.251 e. The van der Waals surface area contributed by atoms with Crippen molar-refractivity contribution in [3.8, 4) is 11.3 Å². The highest BCUT2D eigenvalue weighted by Gasteiger charge is 2.13. The lowest BCUT2D eigenvalue weighted by Gasteiger charge is -2.06. The first-order valence-electron chi connectivity index (χ1n) is 8.84. The molecule has 2 N–H and O–H groups in total. The number of carbonyl (C=O) groups is 1. The highest BCUT2D eigenvalue weighted by atomic mass is 16.5. The predicted molar refractivity (Wildman–Crippen MR) is 105 cm³/mol. The molecule has 0 bridgehead atoms. The monoisotopic (exact) mass is 363 g/mol. The fraction of sp³-hybridized carbons (Fsp3) is 0.250. The van der Waals surface area contributed by atoms with E-state index < -0.39 is 0 Å². The van der Waals surface area contributed by atoms with Gasteiger partial charge in [-0.25, -0.2) is 9.97 Å². The lowest BCUT2D eigenvalue weighted by atomic mass is 10.1. The van der Waals surface area contributed by atoms with E-state index in [9.17, 15) is 4.79 Å². The van der Waals surface area contributed by atoms with Gasteiger partial charge in [0.15, 0.2) is 5.65 Å². The summed E-state index contributed by atoms with van der Waals surface area (Å²) in [6.45, 7) is 1.21. The van der Waals surface area contributed by atoms with Crippen LogP contribution >= 0.6 is 0 Å². The molecule has 3 aromatic heterocycles. The predicted octanol–water partition coefficient (Wildman–Crippen LogP) is 2.88. The number of fused-ring (bicyclic) bond motifs is 3. The first-order valence-corrected chi connectivity index (χ1v) is 8.84. The van der Waals surface area contributed by atoms with Crippen LogP contribution in [0.4, 0.5) is 0 Å². The number of methoxy groups -OCH3 is 1. The number of aromatic nitrogens is 4. The van der Waals surface area contributed by atoms with E-state index in [0.29, 0.717) is 24.4 Å². The Bertz CT molecular complexity index is 1110. The van der Waals surface area contributed by atoms with E-state index in [1.807, 2.05) is 48.4 Å². The highest BCUT2D eigenvalue weighted by Crippen LogP contribution is 2.28. The number of benzene rings is 1. The molecule has 4 aromatic rings. The third kappa shape index (κ3) is 3.29. The van der Waals surface area contributed by atoms with Gasteiger partial charge in [0.2, 0.25) is 0 Å². The second-order valence-electron chi connectivity index (χ2n) is 6.46. The van der Waals surface area contributed by atoms with Crippen molar-refractivity contribution in [3.63, 3.8) is 0 Å². The quantitative estimate of drug-likeness (QED) is 0.516. The SMILES string of the molecule is COCCCNC(=O)c1cccc(-c2cc3c(ncc4c[nH]n(C)c43)n2)c1. The Morgan fingerprint density at radius 1 is 1.33 bits per heavy atom. The van der Waals surface area contributed by atoms with Gasteiger partial charge >= 0.3 is 0 Å². The Hall–Kier alpha value is -3.19. The van der Waals surface area contributed by atoms with Gasteiger partial charge in [-0.1, -0.05) is 12.1 Å². The van der Waals surface area contributed by atoms with Crippen LogP contribution in [0, 0.1) is 0 Å². The Morgan fingerprint density at radius 3 is 3.07 bits per heavy atom. The molecule has 1 amide bonds. The molecule has 7 nitrogen and oxygen atoms in total. The number of pyridine rings is 1. The summed E-state index contributed by atoms with van der Waals surface area (Å²) in [5.41, 5.74) is 4.07. The minimum Gasteiger partial charge on any atom is -0.385 e. The molecule has 7 heteroatoms. The first-order chi connectivity index (χ1) is 13.2. The van der Waals surface area contributed by atoms with E-state index in [0.717, 1.165) is 34.0 Å². The van der Waals surface area contributed by atoms with Crippen LogP contribution in [0.5, 0.6) is 0 Å². The molecule has 0 saturated heterocycles. The van der Waals surface area contributed by atoms with Crippen LogP contribution in [-0.2, 0) is 11.8 Å². The number of H-pyrrole nitrogens is 1. The molecule has 0 aliphatic carbocycles. The van der Waals surface area contributed by atoms with Gasteiger partial charge in [0.05, 0.1) is 11.2 Å². The van der Waals surface area contributed by atoms with Crippen LogP contribution in [0.25, 0.3) is 33.2 Å². The summed E-state index contributed by atoms with van der Waals surface area (Å²) in [6, 6.07) is 9.52. The molecule has 0 spiro atoms. The summed E-state index contributed by atoms with van der Waals surface area (Å²) in [7, 11) is 3.61. The first kappa shape index (κ1) is 17.2. The fourth-order valence-corrected chi connectivity index (χ4v) is 3.23. The average Bonchev–Trinajstić information content (AvgIpc) is 3.28. The number of ether oxygens (including phenoxy) is 1. The zero-order valence-corrected chi connectivity index (χ0v) is 15.3. The zero-order valence-electron chi connectivity index (χ0n) is 15.3. The molecule has 27 heavy (non-hydrogen) atoms. The fourth-order valence-electron chi connectivity index (χ4n) is 3.23. The maximum absolute atomic E-state index is 12.4. The van der Waals surface area contributed by atoms with E-state index in [1.54, 1.807) is 13.2 Å². The minimum atomic E-state index is -0.0957. The van der Waals surface area contributed by atoms with Gasteiger partial charge in [0, 0.05) is 61.6 Å². The van der Waals surface area contributed by atoms with Crippen molar-refractivity contribution in [2.24, 2.45) is 7.05 Å². The second kappa shape index (κ2) is 7.20. The van der Waals surface area contributed by atoms with Crippen LogP contribution in [0.2, 0.25) is 0 Å². The molecule has 0 fully saturated rings. The summed E-state index contributed by atoms with van der Waals surface area (Å²) >= 11 is 0. The number of amides is 1. The molecule has 0 saturated carbocycles. The molecule has 0 aliphatic rings. The van der Waals surface area contributed by atoms with Crippen LogP contribution in [0.1, 0.15) is 16.8 Å². The Balaban J connectivity index is 1.64. The third-order valence-corrected chi connectivity index (χ3v) is 4.58. The van der Waals surface area contributed by atoms with E-state index >= 15 is 0 Å². The summed E-state index contributed by atoms with van der Waals surface area (Å²) in [5.74, 6) is -0.0957. The summed E-state index contributed by atoms with van der Waals surface area (Å²) in [5, 5.41) is 8.09. The van der Waals surface area contributed by atoms with Gasteiger partial charge in [-0.2, -0.15) is 0 Å².